The minimum atomic E-state index is -4.02. The van der Waals surface area contributed by atoms with Crippen molar-refractivity contribution in [3.8, 4) is 0 Å². The van der Waals surface area contributed by atoms with Crippen LogP contribution < -0.4 is 5.73 Å². The Bertz CT molecular complexity index is 185. The van der Waals surface area contributed by atoms with Crippen LogP contribution in [-0.4, -0.2) is 18.3 Å². The molecule has 0 bridgehead atoms. The molecule has 0 spiro atoms. The third kappa shape index (κ3) is 5.84. The molecule has 54 valence electrons. The van der Waals surface area contributed by atoms with E-state index >= 15 is 0 Å². The average molecular weight is 169 g/mol. The molecule has 0 aromatic rings. The molecule has 4 nitrogen and oxygen atoms in total. The van der Waals surface area contributed by atoms with Crippen molar-refractivity contribution in [2.24, 2.45) is 5.73 Å². The van der Waals surface area contributed by atoms with Gasteiger partial charge in [-0.1, -0.05) is 6.08 Å². The van der Waals surface area contributed by atoms with Gasteiger partial charge < -0.3 is 5.73 Å². The van der Waals surface area contributed by atoms with Gasteiger partial charge in [0.1, 0.15) is 0 Å². The molecule has 0 heterocycles. The smallest absolute Gasteiger partial charge is 0.315 e. The minimum absolute atomic E-state index is 0.244. The highest BCUT2D eigenvalue weighted by Gasteiger charge is 2.09. The maximum atomic E-state index is 9.99. The first-order valence-electron chi connectivity index (χ1n) is 1.99. The summed E-state index contributed by atoms with van der Waals surface area (Å²) < 4.78 is 28.1. The minimum Gasteiger partial charge on any atom is -0.315 e. The zero-order chi connectivity index (χ0) is 7.49. The van der Waals surface area contributed by atoms with Crippen LogP contribution in [0.25, 0.3) is 0 Å². The fourth-order valence-corrected chi connectivity index (χ4v) is 1.62. The fourth-order valence-electron chi connectivity index (χ4n) is 0.180. The summed E-state index contributed by atoms with van der Waals surface area (Å²) in [7, 11) is -3.77. The summed E-state index contributed by atoms with van der Waals surface area (Å²) in [5.74, 6) is 0. The van der Waals surface area contributed by atoms with Crippen molar-refractivity contribution >= 4 is 19.9 Å². The lowest BCUT2D eigenvalue weighted by Gasteiger charge is -1.98. The van der Waals surface area contributed by atoms with Crippen LogP contribution in [0.3, 0.4) is 0 Å². The Labute approximate surface area is 57.3 Å². The molecule has 0 saturated carbocycles. The summed E-state index contributed by atoms with van der Waals surface area (Å²) in [4.78, 5) is 0. The highest BCUT2D eigenvalue weighted by atomic mass is 33.1. The average Bonchev–Trinajstić information content (AvgIpc) is 1.62. The van der Waals surface area contributed by atoms with E-state index in [-0.39, 0.29) is 10.8 Å². The molecule has 6 heteroatoms. The second-order valence-electron chi connectivity index (χ2n) is 1.22. The Kier molecular flexibility index (Phi) is 3.20. The van der Waals surface area contributed by atoms with Gasteiger partial charge in [-0.3, -0.25) is 4.55 Å². The van der Waals surface area contributed by atoms with E-state index in [9.17, 15) is 8.42 Å². The monoisotopic (exact) mass is 169 g/mol. The molecular weight excluding hydrogens is 162 g/mol. The van der Waals surface area contributed by atoms with Gasteiger partial charge in [-0.25, -0.2) is 0 Å². The number of nitrogens with two attached hydrogens (primary N) is 1. The van der Waals surface area contributed by atoms with Gasteiger partial charge in [-0.15, -0.1) is 6.58 Å². The lowest BCUT2D eigenvalue weighted by molar-refractivity contribution is 0.503. The first kappa shape index (κ1) is 8.96. The standard InChI is InChI=1S/C3H7NO3S2/c1-2-3(4)8-9(5,6)7/h2-3H,1,4H2,(H,5,6,7). The van der Waals surface area contributed by atoms with E-state index in [0.717, 1.165) is 0 Å². The van der Waals surface area contributed by atoms with Gasteiger partial charge in [0.2, 0.25) is 0 Å². The van der Waals surface area contributed by atoms with Crippen molar-refractivity contribution in [2.45, 2.75) is 5.37 Å². The van der Waals surface area contributed by atoms with Crippen LogP contribution >= 0.6 is 10.8 Å². The molecule has 1 unspecified atom stereocenters. The molecule has 3 N–H and O–H groups in total. The fraction of sp³-hybridized carbons (Fsp3) is 0.333. The Morgan fingerprint density at radius 1 is 1.78 bits per heavy atom. The van der Waals surface area contributed by atoms with E-state index in [4.69, 9.17) is 10.3 Å². The van der Waals surface area contributed by atoms with Gasteiger partial charge in [0.15, 0.2) is 0 Å². The third-order valence-electron chi connectivity index (χ3n) is 0.465. The molecule has 0 aliphatic rings. The van der Waals surface area contributed by atoms with Gasteiger partial charge in [0, 0.05) is 10.8 Å². The molecule has 0 aromatic carbocycles. The Balaban J connectivity index is 3.89. The first-order valence-corrected chi connectivity index (χ1v) is 4.83. The van der Waals surface area contributed by atoms with Gasteiger partial charge in [0.05, 0.1) is 5.37 Å². The number of rotatable bonds is 3. The summed E-state index contributed by atoms with van der Waals surface area (Å²) in [5, 5.41) is -0.764. The van der Waals surface area contributed by atoms with E-state index in [1.54, 1.807) is 0 Å². The molecule has 0 aliphatic carbocycles. The normalized spacial score (nSPS) is 14.9. The molecule has 0 saturated heterocycles. The second-order valence-corrected chi connectivity index (χ2v) is 4.66. The van der Waals surface area contributed by atoms with Crippen molar-refractivity contribution in [2.75, 3.05) is 0 Å². The quantitative estimate of drug-likeness (QED) is 0.269. The lowest BCUT2D eigenvalue weighted by atomic mass is 10.7. The topological polar surface area (TPSA) is 80.4 Å². The number of hydrogen-bond acceptors (Lipinski definition) is 4. The van der Waals surface area contributed by atoms with Gasteiger partial charge in [0.25, 0.3) is 0 Å². The first-order chi connectivity index (χ1) is 3.95. The highest BCUT2D eigenvalue weighted by Crippen LogP contribution is 2.12. The van der Waals surface area contributed by atoms with Crippen molar-refractivity contribution < 1.29 is 13.0 Å². The predicted octanol–water partition coefficient (Wildman–Crippen LogP) is -0.00680. The van der Waals surface area contributed by atoms with Crippen LogP contribution in [0.2, 0.25) is 0 Å². The van der Waals surface area contributed by atoms with Crippen LogP contribution in [-0.2, 0) is 9.15 Å². The van der Waals surface area contributed by atoms with E-state index in [2.05, 4.69) is 6.58 Å². The SMILES string of the molecule is C=CC(N)SS(=O)(=O)O. The van der Waals surface area contributed by atoms with E-state index in [0.29, 0.717) is 0 Å². The maximum absolute atomic E-state index is 9.99. The molecule has 0 rings (SSSR count). The van der Waals surface area contributed by atoms with Crippen molar-refractivity contribution in [3.63, 3.8) is 0 Å². The molecule has 0 radical (unpaired) electrons. The second kappa shape index (κ2) is 3.21. The predicted molar refractivity (Wildman–Crippen MR) is 37.3 cm³/mol. The van der Waals surface area contributed by atoms with Crippen molar-refractivity contribution in [1.82, 2.24) is 0 Å². The summed E-state index contributed by atoms with van der Waals surface area (Å²) in [6.45, 7) is 3.22. The van der Waals surface area contributed by atoms with Crippen LogP contribution in [0.1, 0.15) is 0 Å². The van der Waals surface area contributed by atoms with E-state index in [1.807, 2.05) is 0 Å². The molecule has 0 fully saturated rings. The Hall–Kier alpha value is -0.0400. The molecular formula is C3H7NO3S2. The van der Waals surface area contributed by atoms with Crippen LogP contribution in [0.4, 0.5) is 0 Å². The van der Waals surface area contributed by atoms with E-state index < -0.39 is 14.5 Å². The zero-order valence-electron chi connectivity index (χ0n) is 4.52. The van der Waals surface area contributed by atoms with Gasteiger partial charge in [-0.2, -0.15) is 8.42 Å². The zero-order valence-corrected chi connectivity index (χ0v) is 6.15. The maximum Gasteiger partial charge on any atom is 0.321 e. The van der Waals surface area contributed by atoms with Gasteiger partial charge >= 0.3 is 9.15 Å². The van der Waals surface area contributed by atoms with Crippen LogP contribution in [0, 0.1) is 0 Å². The van der Waals surface area contributed by atoms with Crippen molar-refractivity contribution in [3.05, 3.63) is 12.7 Å². The molecule has 9 heavy (non-hydrogen) atoms. The largest absolute Gasteiger partial charge is 0.321 e. The summed E-state index contributed by atoms with van der Waals surface area (Å²) in [5.41, 5.74) is 5.06. The molecule has 0 aromatic heterocycles. The molecule has 1 atom stereocenters. The molecule has 0 aliphatic heterocycles. The summed E-state index contributed by atoms with van der Waals surface area (Å²) in [6, 6.07) is 0. The van der Waals surface area contributed by atoms with E-state index in [1.165, 1.54) is 6.08 Å². The molecule has 0 amide bonds. The van der Waals surface area contributed by atoms with Crippen LogP contribution in [0.15, 0.2) is 12.7 Å². The number of hydrogen-bond donors (Lipinski definition) is 2. The van der Waals surface area contributed by atoms with Crippen molar-refractivity contribution in [1.29, 1.82) is 0 Å². The van der Waals surface area contributed by atoms with Crippen LogP contribution in [0.5, 0.6) is 0 Å². The lowest BCUT2D eigenvalue weighted by Crippen LogP contribution is -2.13. The Morgan fingerprint density at radius 3 is 2.33 bits per heavy atom. The summed E-state index contributed by atoms with van der Waals surface area (Å²) in [6.07, 6.45) is 1.22. The van der Waals surface area contributed by atoms with Gasteiger partial charge in [-0.05, 0) is 0 Å². The third-order valence-corrected chi connectivity index (χ3v) is 2.52. The highest BCUT2D eigenvalue weighted by molar-refractivity contribution is 8.70. The Morgan fingerprint density at radius 2 is 2.22 bits per heavy atom. The summed E-state index contributed by atoms with van der Waals surface area (Å²) >= 11 is 0.